The van der Waals surface area contributed by atoms with Crippen LogP contribution in [0.1, 0.15) is 139 Å². The van der Waals surface area contributed by atoms with Gasteiger partial charge in [-0.3, -0.25) is 43.2 Å². The number of amides is 3. The van der Waals surface area contributed by atoms with Crippen molar-refractivity contribution in [2.75, 3.05) is 13.2 Å². The van der Waals surface area contributed by atoms with E-state index in [1.165, 1.54) is 58.9 Å². The number of ketones is 3. The van der Waals surface area contributed by atoms with Gasteiger partial charge in [-0.1, -0.05) is 131 Å². The van der Waals surface area contributed by atoms with Crippen LogP contribution in [0.3, 0.4) is 0 Å². The van der Waals surface area contributed by atoms with E-state index in [0.717, 1.165) is 19.4 Å². The predicted molar refractivity (Wildman–Crippen MR) is 338 cm³/mol. The van der Waals surface area contributed by atoms with Crippen molar-refractivity contribution in [1.29, 1.82) is 0 Å². The average Bonchev–Trinajstić information content (AvgIpc) is 0.670. The van der Waals surface area contributed by atoms with E-state index in [9.17, 15) is 53.4 Å². The number of carbonyl (C=O) groups excluding carboxylic acids is 11. The molecular weight excluding hydrogens is 1210 g/mol. The fourth-order valence-electron chi connectivity index (χ4n) is 13.8. The second-order valence-corrected chi connectivity index (χ2v) is 26.1. The summed E-state index contributed by atoms with van der Waals surface area (Å²) in [5.74, 6) is -12.1. The Balaban J connectivity index is 1.18. The van der Waals surface area contributed by atoms with Crippen LogP contribution in [0, 0.1) is 28.6 Å². The maximum absolute atomic E-state index is 16.0. The van der Waals surface area contributed by atoms with Crippen molar-refractivity contribution in [2.24, 2.45) is 28.6 Å². The summed E-state index contributed by atoms with van der Waals surface area (Å²) in [5, 5.41) is 34.7. The van der Waals surface area contributed by atoms with Gasteiger partial charge in [-0.15, -0.1) is 0 Å². The Morgan fingerprint density at radius 1 is 0.755 bits per heavy atom. The molecule has 22 heteroatoms. The number of rotatable bonds is 26. The zero-order chi connectivity index (χ0) is 68.6. The van der Waals surface area contributed by atoms with Gasteiger partial charge in [0, 0.05) is 62.0 Å². The van der Waals surface area contributed by atoms with Gasteiger partial charge in [-0.2, -0.15) is 0 Å². The van der Waals surface area contributed by atoms with Crippen LogP contribution in [0.4, 0.5) is 0 Å². The minimum atomic E-state index is -2.57. The Morgan fingerprint density at radius 3 is 1.91 bits per heavy atom. The molecule has 4 aromatic carbocycles. The fraction of sp³-hybridized carbons (Fsp3) is 0.458. The van der Waals surface area contributed by atoms with E-state index in [4.69, 9.17) is 28.4 Å². The Bertz CT molecular complexity index is 3570. The standard InChI is InChI=1S/C72H83N3O19/c1-40(2)33-51(74-66(85)49(34-45-23-15-11-16-24-45)35-50(78)38-73-64(83)41(3)4)52(79)31-32-56(81)92-60(58(46-25-17-12-18-26-46)75-65(84)47-27-19-13-20-28-47)68(87)91-53-37-72(88)63(93-67(86)48-29-21-14-22-30-48)61-70(10,54(80)36-55-71(61,39-89-55)94-44(7)77)62(82)59(90-43(6)76)57(42(53)5)69(72,8)9/h11-30,40,49,51,53-55,58-61,63,80,88H,3,31-39H2,1-2,4-10H3,(H,73,83)(H,74,85)(H,75,84)/t49?,51?,53-,54-,55+,58-,59+,60+,61?,63?,70+,71-,72+/m0/s1. The third-order valence-electron chi connectivity index (χ3n) is 18.7. The molecule has 500 valence electrons. The maximum atomic E-state index is 16.0. The molecule has 22 nitrogen and oxygen atoms in total. The largest absolute Gasteiger partial charge is 0.455 e. The van der Waals surface area contributed by atoms with Crippen LogP contribution >= 0.6 is 0 Å². The predicted octanol–water partition coefficient (Wildman–Crippen LogP) is 6.68. The molecule has 5 N–H and O–H groups in total. The molecule has 0 spiro atoms. The third kappa shape index (κ3) is 15.1. The molecule has 1 aliphatic heterocycles. The van der Waals surface area contributed by atoms with Crippen molar-refractivity contribution in [3.63, 3.8) is 0 Å². The summed E-state index contributed by atoms with van der Waals surface area (Å²) >= 11 is 0. The number of aliphatic hydroxyl groups is 2. The highest BCUT2D eigenvalue weighted by Crippen LogP contribution is 2.64. The first-order valence-electron chi connectivity index (χ1n) is 31.5. The number of aliphatic hydroxyl groups excluding tert-OH is 1. The summed E-state index contributed by atoms with van der Waals surface area (Å²) < 4.78 is 37.3. The molecule has 3 amide bonds. The molecule has 2 saturated carbocycles. The molecule has 4 unspecified atom stereocenters. The van der Waals surface area contributed by atoms with Crippen LogP contribution < -0.4 is 16.0 Å². The molecule has 3 aliphatic carbocycles. The average molecular weight is 1290 g/mol. The zero-order valence-corrected chi connectivity index (χ0v) is 54.3. The van der Waals surface area contributed by atoms with Crippen LogP contribution in [-0.2, 0) is 78.0 Å². The van der Waals surface area contributed by atoms with Gasteiger partial charge in [0.2, 0.25) is 17.9 Å². The number of fused-ring (bicyclic) bond motifs is 5. The summed E-state index contributed by atoms with van der Waals surface area (Å²) in [6.45, 7) is 16.0. The lowest BCUT2D eigenvalue weighted by atomic mass is 9.44. The van der Waals surface area contributed by atoms with Crippen LogP contribution in [0.5, 0.6) is 0 Å². The van der Waals surface area contributed by atoms with Gasteiger partial charge in [-0.25, -0.2) is 9.59 Å². The molecule has 13 atom stereocenters. The van der Waals surface area contributed by atoms with Gasteiger partial charge >= 0.3 is 29.8 Å². The van der Waals surface area contributed by atoms with Crippen LogP contribution in [0.2, 0.25) is 0 Å². The molecule has 0 radical (unpaired) electrons. The number of benzene rings is 4. The van der Waals surface area contributed by atoms with Crippen molar-refractivity contribution in [3.05, 3.63) is 167 Å². The first-order chi connectivity index (χ1) is 44.4. The van der Waals surface area contributed by atoms with Gasteiger partial charge in [0.1, 0.15) is 30.0 Å². The van der Waals surface area contributed by atoms with Gasteiger partial charge in [-0.05, 0) is 86.1 Å². The Hall–Kier alpha value is -8.99. The maximum Gasteiger partial charge on any atom is 0.350 e. The lowest BCUT2D eigenvalue weighted by molar-refractivity contribution is -0.346. The van der Waals surface area contributed by atoms with E-state index >= 15 is 9.59 Å². The third-order valence-corrected chi connectivity index (χ3v) is 18.7. The Morgan fingerprint density at radius 2 is 1.35 bits per heavy atom. The van der Waals surface area contributed by atoms with Gasteiger partial charge < -0.3 is 54.6 Å². The van der Waals surface area contributed by atoms with E-state index < -0.39 is 173 Å². The first-order valence-corrected chi connectivity index (χ1v) is 31.5. The second-order valence-electron chi connectivity index (χ2n) is 26.1. The monoisotopic (exact) mass is 1290 g/mol. The Labute approximate surface area is 545 Å². The van der Waals surface area contributed by atoms with Crippen LogP contribution in [0.25, 0.3) is 0 Å². The van der Waals surface area contributed by atoms with Crippen molar-refractivity contribution in [2.45, 2.75) is 167 Å². The molecule has 4 aliphatic rings. The quantitative estimate of drug-likeness (QED) is 0.0189. The minimum Gasteiger partial charge on any atom is -0.455 e. The lowest BCUT2D eigenvalue weighted by Crippen LogP contribution is -2.82. The number of carbonyl (C=O) groups is 11. The summed E-state index contributed by atoms with van der Waals surface area (Å²) in [4.78, 5) is 156. The molecule has 3 fully saturated rings. The van der Waals surface area contributed by atoms with Crippen molar-refractivity contribution >= 4 is 64.9 Å². The van der Waals surface area contributed by atoms with Crippen molar-refractivity contribution in [1.82, 2.24) is 16.0 Å². The number of esters is 5. The molecule has 2 bridgehead atoms. The van der Waals surface area contributed by atoms with E-state index in [2.05, 4.69) is 22.5 Å². The summed E-state index contributed by atoms with van der Waals surface area (Å²) in [6, 6.07) is 29.7. The smallest absolute Gasteiger partial charge is 0.350 e. The molecular formula is C72H83N3O19. The molecule has 8 rings (SSSR count). The fourth-order valence-corrected chi connectivity index (χ4v) is 13.8. The molecule has 94 heavy (non-hydrogen) atoms. The number of hydrogen-bond acceptors (Lipinski definition) is 19. The van der Waals surface area contributed by atoms with E-state index in [-0.39, 0.29) is 71.6 Å². The number of hydrogen-bond donors (Lipinski definition) is 5. The number of nitrogens with one attached hydrogen (secondary N) is 3. The molecule has 1 saturated heterocycles. The molecule has 1 heterocycles. The van der Waals surface area contributed by atoms with Crippen LogP contribution in [0.15, 0.2) is 145 Å². The molecule has 4 aromatic rings. The van der Waals surface area contributed by atoms with Gasteiger partial charge in [0.15, 0.2) is 29.1 Å². The SMILES string of the molecule is C=C(C)C(=O)NCC(=O)CC(Cc1ccccc1)C(=O)NC(CC(C)C)C(=O)CCC(=O)O[C@@H](C(=O)O[C@H]1C[C@@]2(O)C(OC(=O)c3ccccc3)C3[C@](C)(C(=O)[C@H](OC(C)=O)C(=C1C)C2(C)C)[C@@H](O)C[C@H]1OC[C@@]31OC(C)=O)[C@@H](NC(=O)c1ccccc1)c1ccccc1. The topological polar surface area (TPSA) is 320 Å². The summed E-state index contributed by atoms with van der Waals surface area (Å²) in [7, 11) is 0. The highest BCUT2D eigenvalue weighted by Gasteiger charge is 2.78. The summed E-state index contributed by atoms with van der Waals surface area (Å²) in [6.07, 6.45) is -12.9. The minimum absolute atomic E-state index is 0.00227. The number of ether oxygens (including phenoxy) is 6. The highest BCUT2D eigenvalue weighted by atomic mass is 16.6. The summed E-state index contributed by atoms with van der Waals surface area (Å²) in [5.41, 5.74) is -7.26. The van der Waals surface area contributed by atoms with E-state index in [1.807, 2.05) is 13.8 Å². The zero-order valence-electron chi connectivity index (χ0n) is 54.3. The van der Waals surface area contributed by atoms with Crippen molar-refractivity contribution < 1.29 is 91.4 Å². The second kappa shape index (κ2) is 29.5. The highest BCUT2D eigenvalue weighted by molar-refractivity contribution is 5.98. The first kappa shape index (κ1) is 70.9. The van der Waals surface area contributed by atoms with Crippen LogP contribution in [-0.4, -0.2) is 142 Å². The normalized spacial score (nSPS) is 25.4. The van der Waals surface area contributed by atoms with Crippen molar-refractivity contribution in [3.8, 4) is 0 Å². The van der Waals surface area contributed by atoms with E-state index in [1.54, 1.807) is 97.1 Å². The van der Waals surface area contributed by atoms with Gasteiger partial charge in [0.05, 0.1) is 48.6 Å². The number of Topliss-reactive ketones (excluding diaryl/α,β-unsaturated/α-hetero) is 3. The lowest BCUT2D eigenvalue weighted by Gasteiger charge is -2.67. The van der Waals surface area contributed by atoms with E-state index in [0.29, 0.717) is 0 Å². The Kier molecular flexibility index (Phi) is 22.3. The molecule has 0 aromatic heterocycles. The van der Waals surface area contributed by atoms with Gasteiger partial charge in [0.25, 0.3) is 5.91 Å².